The van der Waals surface area contributed by atoms with E-state index in [-0.39, 0.29) is 36.2 Å². The third-order valence-corrected chi connectivity index (χ3v) is 4.89. The molecule has 1 aromatic heterocycles. The summed E-state index contributed by atoms with van der Waals surface area (Å²) in [7, 11) is 0. The quantitative estimate of drug-likeness (QED) is 0.660. The molecule has 0 bridgehead atoms. The fourth-order valence-corrected chi connectivity index (χ4v) is 3.28. The Hall–Kier alpha value is -3.49. The van der Waals surface area contributed by atoms with Gasteiger partial charge in [0.15, 0.2) is 12.4 Å². The first-order chi connectivity index (χ1) is 14.5. The minimum atomic E-state index is -0.380. The van der Waals surface area contributed by atoms with Crippen LogP contribution in [0.3, 0.4) is 0 Å². The van der Waals surface area contributed by atoms with E-state index in [4.69, 9.17) is 9.26 Å². The molecule has 1 atom stereocenters. The van der Waals surface area contributed by atoms with Crippen molar-refractivity contribution in [3.63, 3.8) is 0 Å². The van der Waals surface area contributed by atoms with Gasteiger partial charge in [0.1, 0.15) is 17.4 Å². The zero-order valence-corrected chi connectivity index (χ0v) is 16.3. The molecule has 1 aliphatic heterocycles. The molecule has 156 valence electrons. The molecule has 1 fully saturated rings. The average Bonchev–Trinajstić information content (AvgIpc) is 3.39. The number of benzene rings is 2. The maximum Gasteiger partial charge on any atom is 0.322 e. The molecule has 30 heavy (non-hydrogen) atoms. The number of nitrogens with zero attached hydrogens (tertiary/aromatic N) is 3. The highest BCUT2D eigenvalue weighted by Gasteiger charge is 2.33. The van der Waals surface area contributed by atoms with Crippen molar-refractivity contribution in [1.82, 2.24) is 15.0 Å². The van der Waals surface area contributed by atoms with E-state index in [0.717, 1.165) is 6.42 Å². The van der Waals surface area contributed by atoms with Gasteiger partial charge in [-0.25, -0.2) is 13.6 Å². The van der Waals surface area contributed by atoms with E-state index < -0.39 is 0 Å². The van der Waals surface area contributed by atoms with Crippen molar-refractivity contribution in [3.8, 4) is 5.75 Å². The van der Waals surface area contributed by atoms with Crippen molar-refractivity contribution in [3.05, 3.63) is 71.4 Å². The molecule has 1 saturated heterocycles. The second-order valence-corrected chi connectivity index (χ2v) is 7.03. The van der Waals surface area contributed by atoms with E-state index in [0.29, 0.717) is 35.8 Å². The van der Waals surface area contributed by atoms with E-state index in [2.05, 4.69) is 15.5 Å². The third kappa shape index (κ3) is 4.40. The number of likely N-dealkylation sites (tertiary alicyclic amines) is 1. The minimum Gasteiger partial charge on any atom is -0.484 e. The molecule has 1 N–H and O–H groups in total. The Kier molecular flexibility index (Phi) is 5.60. The van der Waals surface area contributed by atoms with Gasteiger partial charge >= 0.3 is 6.03 Å². The van der Waals surface area contributed by atoms with Gasteiger partial charge in [-0.2, -0.15) is 4.98 Å². The second kappa shape index (κ2) is 8.48. The summed E-state index contributed by atoms with van der Waals surface area (Å²) in [4.78, 5) is 18.6. The summed E-state index contributed by atoms with van der Waals surface area (Å²) in [5.41, 5.74) is 0.893. The zero-order valence-electron chi connectivity index (χ0n) is 16.3. The summed E-state index contributed by atoms with van der Waals surface area (Å²) < 4.78 is 37.4. The molecule has 2 amide bonds. The molecule has 3 aromatic rings. The topological polar surface area (TPSA) is 80.5 Å². The lowest BCUT2D eigenvalue weighted by Crippen LogP contribution is -2.34. The predicted octanol–water partition coefficient (Wildman–Crippen LogP) is 4.60. The Labute approximate surface area is 171 Å². The third-order valence-electron chi connectivity index (χ3n) is 4.89. The molecule has 7 nitrogen and oxygen atoms in total. The van der Waals surface area contributed by atoms with Gasteiger partial charge < -0.3 is 19.5 Å². The lowest BCUT2D eigenvalue weighted by Gasteiger charge is -2.22. The highest BCUT2D eigenvalue weighted by atomic mass is 19.1. The molecule has 0 aliphatic carbocycles. The standard InChI is InChI=1S/C21H20F2N4O3/c1-13-4-7-15(11-17(13)23)24-21(28)27-10-2-3-18(27)20-25-19(30-26-20)12-29-16-8-5-14(22)6-9-16/h4-9,11,18H,2-3,10,12H2,1H3,(H,24,28). The summed E-state index contributed by atoms with van der Waals surface area (Å²) in [6.45, 7) is 2.21. The molecule has 4 rings (SSSR count). The molecule has 0 spiro atoms. The van der Waals surface area contributed by atoms with Crippen LogP contribution in [-0.4, -0.2) is 27.6 Å². The molecule has 1 aliphatic rings. The van der Waals surface area contributed by atoms with Crippen LogP contribution in [0.1, 0.15) is 36.2 Å². The number of aryl methyl sites for hydroxylation is 1. The highest BCUT2D eigenvalue weighted by Crippen LogP contribution is 2.31. The van der Waals surface area contributed by atoms with Gasteiger partial charge in [-0.3, -0.25) is 0 Å². The normalized spacial score (nSPS) is 16.0. The fourth-order valence-electron chi connectivity index (χ4n) is 3.28. The molecule has 2 aromatic carbocycles. The summed E-state index contributed by atoms with van der Waals surface area (Å²) in [5, 5.41) is 6.70. The van der Waals surface area contributed by atoms with Crippen LogP contribution < -0.4 is 10.1 Å². The first-order valence-corrected chi connectivity index (χ1v) is 9.54. The van der Waals surface area contributed by atoms with Gasteiger partial charge in [0.25, 0.3) is 5.89 Å². The fraction of sp³-hybridized carbons (Fsp3) is 0.286. The van der Waals surface area contributed by atoms with Crippen LogP contribution in [0.4, 0.5) is 19.3 Å². The zero-order chi connectivity index (χ0) is 21.1. The summed E-state index contributed by atoms with van der Waals surface area (Å²) in [6, 6.07) is 9.45. The Morgan fingerprint density at radius 1 is 1.27 bits per heavy atom. The largest absolute Gasteiger partial charge is 0.484 e. The molecule has 0 saturated carbocycles. The van der Waals surface area contributed by atoms with Crippen molar-refractivity contribution >= 4 is 11.7 Å². The number of amides is 2. The number of hydrogen-bond acceptors (Lipinski definition) is 5. The van der Waals surface area contributed by atoms with Crippen LogP contribution in [-0.2, 0) is 6.61 Å². The van der Waals surface area contributed by atoms with Crippen LogP contribution in [0.15, 0.2) is 47.0 Å². The number of carbonyl (C=O) groups is 1. The number of aromatic nitrogens is 2. The number of urea groups is 1. The van der Waals surface area contributed by atoms with Gasteiger partial charge in [-0.05, 0) is 61.7 Å². The van der Waals surface area contributed by atoms with Gasteiger partial charge in [0.2, 0.25) is 0 Å². The highest BCUT2D eigenvalue weighted by molar-refractivity contribution is 5.89. The van der Waals surface area contributed by atoms with Crippen LogP contribution >= 0.6 is 0 Å². The Morgan fingerprint density at radius 3 is 2.83 bits per heavy atom. The number of halogens is 2. The lowest BCUT2D eigenvalue weighted by molar-refractivity contribution is 0.203. The first-order valence-electron chi connectivity index (χ1n) is 9.54. The summed E-state index contributed by atoms with van der Waals surface area (Å²) in [5.74, 6) is 0.381. The van der Waals surface area contributed by atoms with Crippen molar-refractivity contribution in [1.29, 1.82) is 0 Å². The van der Waals surface area contributed by atoms with Crippen molar-refractivity contribution in [2.24, 2.45) is 0 Å². The van der Waals surface area contributed by atoms with Crippen molar-refractivity contribution in [2.45, 2.75) is 32.4 Å². The van der Waals surface area contributed by atoms with Crippen molar-refractivity contribution < 1.29 is 22.8 Å². The molecular formula is C21H20F2N4O3. The SMILES string of the molecule is Cc1ccc(NC(=O)N2CCCC2c2noc(COc3ccc(F)cc3)n2)cc1F. The molecule has 0 radical (unpaired) electrons. The van der Waals surface area contributed by atoms with E-state index in [1.807, 2.05) is 0 Å². The van der Waals surface area contributed by atoms with Gasteiger partial charge in [0, 0.05) is 12.2 Å². The smallest absolute Gasteiger partial charge is 0.322 e. The van der Waals surface area contributed by atoms with Crippen LogP contribution in [0.5, 0.6) is 5.75 Å². The van der Waals surface area contributed by atoms with E-state index in [9.17, 15) is 13.6 Å². The van der Waals surface area contributed by atoms with Gasteiger partial charge in [-0.15, -0.1) is 0 Å². The number of anilines is 1. The Morgan fingerprint density at radius 2 is 2.07 bits per heavy atom. The van der Waals surface area contributed by atoms with Gasteiger partial charge in [-0.1, -0.05) is 11.2 Å². The van der Waals surface area contributed by atoms with E-state index >= 15 is 0 Å². The summed E-state index contributed by atoms with van der Waals surface area (Å²) >= 11 is 0. The first kappa shape index (κ1) is 19.8. The van der Waals surface area contributed by atoms with Crippen LogP contribution in [0, 0.1) is 18.6 Å². The minimum absolute atomic E-state index is 0.0280. The number of nitrogens with one attached hydrogen (secondary N) is 1. The molecule has 9 heteroatoms. The number of ether oxygens (including phenoxy) is 1. The van der Waals surface area contributed by atoms with E-state index in [1.54, 1.807) is 24.0 Å². The summed E-state index contributed by atoms with van der Waals surface area (Å²) in [6.07, 6.45) is 1.48. The molecule has 1 unspecified atom stereocenters. The van der Waals surface area contributed by atoms with Crippen LogP contribution in [0.2, 0.25) is 0 Å². The second-order valence-electron chi connectivity index (χ2n) is 7.03. The Bertz CT molecular complexity index is 1040. The number of carbonyl (C=O) groups excluding carboxylic acids is 1. The van der Waals surface area contributed by atoms with Crippen molar-refractivity contribution in [2.75, 3.05) is 11.9 Å². The maximum atomic E-state index is 13.7. The Balaban J connectivity index is 1.40. The monoisotopic (exact) mass is 414 g/mol. The number of hydrogen-bond donors (Lipinski definition) is 1. The average molecular weight is 414 g/mol. The van der Waals surface area contributed by atoms with Gasteiger partial charge in [0.05, 0.1) is 6.04 Å². The molecule has 2 heterocycles. The van der Waals surface area contributed by atoms with Crippen LogP contribution in [0.25, 0.3) is 0 Å². The van der Waals surface area contributed by atoms with E-state index in [1.165, 1.54) is 30.3 Å². The maximum absolute atomic E-state index is 13.7. The predicted molar refractivity (Wildman–Crippen MR) is 104 cm³/mol. The number of rotatable bonds is 5. The molecular weight excluding hydrogens is 394 g/mol. The lowest BCUT2D eigenvalue weighted by atomic mass is 10.2.